The third-order valence-electron chi connectivity index (χ3n) is 4.92. The van der Waals surface area contributed by atoms with Crippen LogP contribution < -0.4 is 11.2 Å². The maximum Gasteiger partial charge on any atom is 0.410 e. The molecule has 9 nitrogen and oxygen atoms in total. The normalized spacial score (nSPS) is 17.3. The van der Waals surface area contributed by atoms with Gasteiger partial charge in [-0.05, 0) is 40.5 Å². The van der Waals surface area contributed by atoms with Crippen LogP contribution in [0.4, 0.5) is 4.79 Å². The molecule has 2 heterocycles. The first-order valence-corrected chi connectivity index (χ1v) is 10.1. The smallest absolute Gasteiger partial charge is 0.410 e. The van der Waals surface area contributed by atoms with Crippen molar-refractivity contribution < 1.29 is 14.3 Å². The number of rotatable bonds is 5. The summed E-state index contributed by atoms with van der Waals surface area (Å²) >= 11 is 0. The van der Waals surface area contributed by atoms with E-state index in [1.165, 1.54) is 0 Å². The summed E-state index contributed by atoms with van der Waals surface area (Å²) in [4.78, 5) is 56.8. The van der Waals surface area contributed by atoms with Crippen molar-refractivity contribution in [1.82, 2.24) is 19.8 Å². The van der Waals surface area contributed by atoms with Crippen LogP contribution in [0.5, 0.6) is 0 Å². The van der Waals surface area contributed by atoms with Gasteiger partial charge in [-0.2, -0.15) is 0 Å². The average molecular weight is 408 g/mol. The number of nitrogens with one attached hydrogen (secondary N) is 2. The highest BCUT2D eigenvalue weighted by atomic mass is 16.6. The summed E-state index contributed by atoms with van der Waals surface area (Å²) < 4.78 is 5.46. The van der Waals surface area contributed by atoms with Crippen LogP contribution in [0.3, 0.4) is 0 Å². The first-order chi connectivity index (χ1) is 13.5. The summed E-state index contributed by atoms with van der Waals surface area (Å²) in [5.41, 5.74) is -0.683. The fraction of sp³-hybridized carbons (Fsp3) is 0.700. The molecule has 1 atom stereocenters. The molecule has 0 bridgehead atoms. The first-order valence-electron chi connectivity index (χ1n) is 10.1. The second kappa shape index (κ2) is 9.28. The van der Waals surface area contributed by atoms with Crippen molar-refractivity contribution in [3.63, 3.8) is 0 Å². The van der Waals surface area contributed by atoms with Crippen LogP contribution in [0.2, 0.25) is 0 Å². The number of amides is 2. The molecule has 1 saturated heterocycles. The van der Waals surface area contributed by atoms with E-state index in [9.17, 15) is 19.2 Å². The Morgan fingerprint density at radius 1 is 1.17 bits per heavy atom. The van der Waals surface area contributed by atoms with Crippen molar-refractivity contribution in [2.45, 2.75) is 71.9 Å². The molecule has 0 aromatic carbocycles. The number of carbonyl (C=O) groups excluding carboxylic acids is 2. The van der Waals surface area contributed by atoms with Gasteiger partial charge in [0.15, 0.2) is 0 Å². The SMILES string of the molecule is CCCC1CN(C(=O)OC(C)(C)C)CCN1C(=O)CCc1c(C)[nH]c(=O)[nH]c1=O. The molecule has 1 aliphatic rings. The first kappa shape index (κ1) is 22.7. The molecule has 162 valence electrons. The summed E-state index contributed by atoms with van der Waals surface area (Å²) in [7, 11) is 0. The molecule has 2 N–H and O–H groups in total. The van der Waals surface area contributed by atoms with E-state index in [0.29, 0.717) is 30.9 Å². The minimum absolute atomic E-state index is 0.0581. The fourth-order valence-electron chi connectivity index (χ4n) is 3.56. The summed E-state index contributed by atoms with van der Waals surface area (Å²) in [6.07, 6.45) is 1.73. The van der Waals surface area contributed by atoms with Crippen LogP contribution >= 0.6 is 0 Å². The van der Waals surface area contributed by atoms with Gasteiger partial charge in [-0.1, -0.05) is 13.3 Å². The number of aromatic amines is 2. The van der Waals surface area contributed by atoms with Gasteiger partial charge in [-0.3, -0.25) is 14.6 Å². The number of aromatic nitrogens is 2. The van der Waals surface area contributed by atoms with Crippen molar-refractivity contribution in [3.05, 3.63) is 32.1 Å². The Hall–Kier alpha value is -2.58. The number of hydrogen-bond donors (Lipinski definition) is 2. The van der Waals surface area contributed by atoms with E-state index in [-0.39, 0.29) is 30.9 Å². The van der Waals surface area contributed by atoms with Crippen LogP contribution in [-0.4, -0.2) is 63.0 Å². The predicted octanol–water partition coefficient (Wildman–Crippen LogP) is 1.55. The van der Waals surface area contributed by atoms with Crippen molar-refractivity contribution in [2.75, 3.05) is 19.6 Å². The van der Waals surface area contributed by atoms with Gasteiger partial charge in [-0.25, -0.2) is 9.59 Å². The molecule has 29 heavy (non-hydrogen) atoms. The zero-order chi connectivity index (χ0) is 21.8. The lowest BCUT2D eigenvalue weighted by atomic mass is 10.0. The molecule has 2 rings (SSSR count). The Kier molecular flexibility index (Phi) is 7.26. The maximum atomic E-state index is 12.9. The van der Waals surface area contributed by atoms with E-state index < -0.39 is 16.9 Å². The highest BCUT2D eigenvalue weighted by Gasteiger charge is 2.33. The number of carbonyl (C=O) groups is 2. The highest BCUT2D eigenvalue weighted by Crippen LogP contribution is 2.19. The monoisotopic (exact) mass is 408 g/mol. The Bertz CT molecular complexity index is 852. The lowest BCUT2D eigenvalue weighted by Crippen LogP contribution is -2.57. The summed E-state index contributed by atoms with van der Waals surface area (Å²) in [5.74, 6) is -0.0581. The molecule has 1 fully saturated rings. The predicted molar refractivity (Wildman–Crippen MR) is 109 cm³/mol. The Balaban J connectivity index is 2.04. The largest absolute Gasteiger partial charge is 0.444 e. The molecule has 1 unspecified atom stereocenters. The summed E-state index contributed by atoms with van der Waals surface area (Å²) in [6, 6.07) is -0.0799. The third-order valence-corrected chi connectivity index (χ3v) is 4.92. The molecule has 0 radical (unpaired) electrons. The Morgan fingerprint density at radius 3 is 2.45 bits per heavy atom. The summed E-state index contributed by atoms with van der Waals surface area (Å²) in [5, 5.41) is 0. The lowest BCUT2D eigenvalue weighted by Gasteiger charge is -2.41. The number of piperazine rings is 1. The Morgan fingerprint density at radius 2 is 1.86 bits per heavy atom. The van der Waals surface area contributed by atoms with Crippen LogP contribution in [0, 0.1) is 6.92 Å². The fourth-order valence-corrected chi connectivity index (χ4v) is 3.56. The second-order valence-corrected chi connectivity index (χ2v) is 8.47. The van der Waals surface area contributed by atoms with E-state index in [1.54, 1.807) is 16.7 Å². The van der Waals surface area contributed by atoms with Crippen molar-refractivity contribution in [1.29, 1.82) is 0 Å². The number of aryl methyl sites for hydroxylation is 1. The van der Waals surface area contributed by atoms with E-state index in [0.717, 1.165) is 12.8 Å². The molecule has 1 aromatic heterocycles. The van der Waals surface area contributed by atoms with E-state index in [4.69, 9.17) is 4.74 Å². The van der Waals surface area contributed by atoms with Gasteiger partial charge in [0.2, 0.25) is 5.91 Å². The summed E-state index contributed by atoms with van der Waals surface area (Å²) in [6.45, 7) is 10.5. The van der Waals surface area contributed by atoms with Gasteiger partial charge in [0.1, 0.15) is 5.60 Å². The molecule has 0 aliphatic carbocycles. The van der Waals surface area contributed by atoms with Crippen molar-refractivity contribution in [2.24, 2.45) is 0 Å². The minimum atomic E-state index is -0.564. The van der Waals surface area contributed by atoms with Crippen LogP contribution in [-0.2, 0) is 16.0 Å². The van der Waals surface area contributed by atoms with Crippen LogP contribution in [0.1, 0.15) is 58.2 Å². The number of hydrogen-bond acceptors (Lipinski definition) is 5. The van der Waals surface area contributed by atoms with Crippen molar-refractivity contribution >= 4 is 12.0 Å². The maximum absolute atomic E-state index is 12.9. The molecule has 1 aliphatic heterocycles. The number of ether oxygens (including phenoxy) is 1. The molecular formula is C20H32N4O5. The molecule has 9 heteroatoms. The number of nitrogens with zero attached hydrogens (tertiary/aromatic N) is 2. The van der Waals surface area contributed by atoms with E-state index in [2.05, 4.69) is 9.97 Å². The quantitative estimate of drug-likeness (QED) is 0.767. The number of H-pyrrole nitrogens is 2. The standard InChI is InChI=1S/C20H32N4O5/c1-6-7-14-12-23(19(28)29-20(3,4)5)10-11-24(14)16(25)9-8-15-13(2)21-18(27)22-17(15)26/h14H,6-12H2,1-5H3,(H2,21,22,26,27). The van der Waals surface area contributed by atoms with Crippen LogP contribution in [0.15, 0.2) is 9.59 Å². The van der Waals surface area contributed by atoms with E-state index >= 15 is 0 Å². The molecular weight excluding hydrogens is 376 g/mol. The van der Waals surface area contributed by atoms with Gasteiger partial charge >= 0.3 is 11.8 Å². The highest BCUT2D eigenvalue weighted by molar-refractivity contribution is 5.77. The molecule has 1 aromatic rings. The molecule has 0 saturated carbocycles. The van der Waals surface area contributed by atoms with Gasteiger partial charge in [0, 0.05) is 43.4 Å². The van der Waals surface area contributed by atoms with Gasteiger partial charge in [-0.15, -0.1) is 0 Å². The zero-order valence-corrected chi connectivity index (χ0v) is 18.0. The zero-order valence-electron chi connectivity index (χ0n) is 18.0. The lowest BCUT2D eigenvalue weighted by molar-refractivity contribution is -0.136. The minimum Gasteiger partial charge on any atom is -0.444 e. The van der Waals surface area contributed by atoms with E-state index in [1.807, 2.05) is 27.7 Å². The average Bonchev–Trinajstić information content (AvgIpc) is 2.59. The van der Waals surface area contributed by atoms with Crippen LogP contribution in [0.25, 0.3) is 0 Å². The molecule has 0 spiro atoms. The third kappa shape index (κ3) is 6.20. The van der Waals surface area contributed by atoms with Gasteiger partial charge < -0.3 is 19.5 Å². The molecule has 2 amide bonds. The van der Waals surface area contributed by atoms with Gasteiger partial charge in [0.05, 0.1) is 0 Å². The second-order valence-electron chi connectivity index (χ2n) is 8.47. The van der Waals surface area contributed by atoms with Gasteiger partial charge in [0.25, 0.3) is 5.56 Å². The Labute approximate surface area is 170 Å². The topological polar surface area (TPSA) is 116 Å². The van der Waals surface area contributed by atoms with Crippen molar-refractivity contribution in [3.8, 4) is 0 Å².